The lowest BCUT2D eigenvalue weighted by Gasteiger charge is -2.11. The van der Waals surface area contributed by atoms with Gasteiger partial charge in [-0.1, -0.05) is 0 Å². The van der Waals surface area contributed by atoms with Crippen LogP contribution in [0, 0.1) is 6.92 Å². The van der Waals surface area contributed by atoms with Crippen LogP contribution in [-0.4, -0.2) is 23.9 Å². The van der Waals surface area contributed by atoms with Crippen LogP contribution in [0.15, 0.2) is 10.7 Å². The first-order chi connectivity index (χ1) is 6.99. The molecule has 1 aromatic rings. The minimum absolute atomic E-state index is 0.182. The number of carbonyl (C=O) groups is 1. The Morgan fingerprint density at radius 2 is 2.27 bits per heavy atom. The number of Topliss-reactive ketones (excluding diaryl/α,β-unsaturated/α-hetero) is 1. The number of nitrogens with zero attached hydrogens (tertiary/aromatic N) is 1. The third-order valence-electron chi connectivity index (χ3n) is 2.07. The highest BCUT2D eigenvalue weighted by atomic mass is 79.9. The molecule has 15 heavy (non-hydrogen) atoms. The van der Waals surface area contributed by atoms with Crippen molar-refractivity contribution in [1.82, 2.24) is 4.98 Å². The summed E-state index contributed by atoms with van der Waals surface area (Å²) in [6.45, 7) is 3.42. The van der Waals surface area contributed by atoms with Gasteiger partial charge in [0.15, 0.2) is 5.78 Å². The van der Waals surface area contributed by atoms with E-state index in [1.807, 2.05) is 0 Å². The molecule has 0 saturated carbocycles. The summed E-state index contributed by atoms with van der Waals surface area (Å²) in [5, 5.41) is 0. The molecule has 1 atom stereocenters. The van der Waals surface area contributed by atoms with E-state index in [-0.39, 0.29) is 5.78 Å². The number of methoxy groups -OCH3 is 1. The van der Waals surface area contributed by atoms with Crippen LogP contribution in [0.3, 0.4) is 0 Å². The lowest BCUT2D eigenvalue weighted by atomic mass is 10.1. The summed E-state index contributed by atoms with van der Waals surface area (Å²) in [6.07, 6.45) is 1.54. The molecule has 5 heteroatoms. The van der Waals surface area contributed by atoms with Crippen LogP contribution in [0.1, 0.15) is 23.0 Å². The Morgan fingerprint density at radius 1 is 1.67 bits per heavy atom. The van der Waals surface area contributed by atoms with E-state index in [0.29, 0.717) is 17.0 Å². The topological polar surface area (TPSA) is 65.2 Å². The van der Waals surface area contributed by atoms with Crippen molar-refractivity contribution in [2.24, 2.45) is 5.73 Å². The quantitative estimate of drug-likeness (QED) is 0.851. The summed E-state index contributed by atoms with van der Waals surface area (Å²) in [5.41, 5.74) is 6.59. The van der Waals surface area contributed by atoms with Crippen LogP contribution in [0.25, 0.3) is 0 Å². The molecule has 0 aliphatic heterocycles. The van der Waals surface area contributed by atoms with Gasteiger partial charge in [-0.15, -0.1) is 0 Å². The molecule has 0 radical (unpaired) electrons. The number of hydrogen-bond acceptors (Lipinski definition) is 4. The summed E-state index contributed by atoms with van der Waals surface area (Å²) >= 11 is 3.30. The van der Waals surface area contributed by atoms with E-state index in [9.17, 15) is 4.79 Å². The number of ketones is 1. The second kappa shape index (κ2) is 4.72. The summed E-state index contributed by atoms with van der Waals surface area (Å²) in [4.78, 5) is 15.7. The van der Waals surface area contributed by atoms with E-state index in [4.69, 9.17) is 10.5 Å². The Bertz CT molecular complexity index is 391. The molecule has 0 aromatic carbocycles. The SMILES string of the molecule is COc1c(Br)cnc(C(=O)C(C)N)c1C. The van der Waals surface area contributed by atoms with E-state index >= 15 is 0 Å². The molecule has 0 saturated heterocycles. The summed E-state index contributed by atoms with van der Waals surface area (Å²) < 4.78 is 5.89. The minimum Gasteiger partial charge on any atom is -0.495 e. The highest BCUT2D eigenvalue weighted by molar-refractivity contribution is 9.10. The first-order valence-electron chi connectivity index (χ1n) is 4.48. The van der Waals surface area contributed by atoms with Gasteiger partial charge in [-0.05, 0) is 29.8 Å². The third-order valence-corrected chi connectivity index (χ3v) is 2.64. The lowest BCUT2D eigenvalue weighted by molar-refractivity contribution is 0.0962. The molecule has 1 unspecified atom stereocenters. The predicted molar refractivity (Wildman–Crippen MR) is 61.2 cm³/mol. The standard InChI is InChI=1S/C10H13BrN2O2/c1-5-8(9(14)6(2)12)13-4-7(11)10(5)15-3/h4,6H,12H2,1-3H3. The predicted octanol–water partition coefficient (Wildman–Crippen LogP) is 1.69. The normalized spacial score (nSPS) is 12.3. The van der Waals surface area contributed by atoms with E-state index in [2.05, 4.69) is 20.9 Å². The molecule has 1 heterocycles. The number of hydrogen-bond donors (Lipinski definition) is 1. The number of nitrogens with two attached hydrogens (primary N) is 1. The van der Waals surface area contributed by atoms with Gasteiger partial charge in [-0.3, -0.25) is 9.78 Å². The van der Waals surface area contributed by atoms with E-state index in [1.54, 1.807) is 27.2 Å². The molecule has 0 amide bonds. The Balaban J connectivity index is 3.28. The average molecular weight is 273 g/mol. The Hall–Kier alpha value is -0.940. The van der Waals surface area contributed by atoms with Gasteiger partial charge in [-0.2, -0.15) is 0 Å². The largest absolute Gasteiger partial charge is 0.495 e. The maximum Gasteiger partial charge on any atom is 0.197 e. The first kappa shape index (κ1) is 12.1. The highest BCUT2D eigenvalue weighted by Crippen LogP contribution is 2.29. The molecule has 1 aromatic heterocycles. The van der Waals surface area contributed by atoms with Crippen molar-refractivity contribution in [2.45, 2.75) is 19.9 Å². The first-order valence-corrected chi connectivity index (χ1v) is 5.27. The summed E-state index contributed by atoms with van der Waals surface area (Å²) in [5.74, 6) is 0.437. The number of carbonyl (C=O) groups excluding carboxylic acids is 1. The van der Waals surface area contributed by atoms with Gasteiger partial charge < -0.3 is 10.5 Å². The lowest BCUT2D eigenvalue weighted by Crippen LogP contribution is -2.28. The molecule has 0 fully saturated rings. The van der Waals surface area contributed by atoms with Crippen molar-refractivity contribution in [3.8, 4) is 5.75 Å². The smallest absolute Gasteiger partial charge is 0.197 e. The second-order valence-electron chi connectivity index (χ2n) is 3.27. The van der Waals surface area contributed by atoms with E-state index < -0.39 is 6.04 Å². The van der Waals surface area contributed by atoms with Gasteiger partial charge in [0.1, 0.15) is 11.4 Å². The number of ether oxygens (including phenoxy) is 1. The van der Waals surface area contributed by atoms with Crippen molar-refractivity contribution >= 4 is 21.7 Å². The van der Waals surface area contributed by atoms with E-state index in [1.165, 1.54) is 0 Å². The molecule has 4 nitrogen and oxygen atoms in total. The highest BCUT2D eigenvalue weighted by Gasteiger charge is 2.19. The van der Waals surface area contributed by atoms with Gasteiger partial charge in [-0.25, -0.2) is 0 Å². The Kier molecular flexibility index (Phi) is 3.82. The van der Waals surface area contributed by atoms with Crippen LogP contribution in [-0.2, 0) is 0 Å². The van der Waals surface area contributed by atoms with Crippen LogP contribution >= 0.6 is 15.9 Å². The molecule has 0 aliphatic carbocycles. The fraction of sp³-hybridized carbons (Fsp3) is 0.400. The van der Waals surface area contributed by atoms with Gasteiger partial charge >= 0.3 is 0 Å². The van der Waals surface area contributed by atoms with Crippen molar-refractivity contribution in [3.63, 3.8) is 0 Å². The van der Waals surface area contributed by atoms with E-state index in [0.717, 1.165) is 4.47 Å². The van der Waals surface area contributed by atoms with Crippen molar-refractivity contribution < 1.29 is 9.53 Å². The summed E-state index contributed by atoms with van der Waals surface area (Å²) in [6, 6.07) is -0.554. The fourth-order valence-electron chi connectivity index (χ4n) is 1.28. The molecule has 2 N–H and O–H groups in total. The Morgan fingerprint density at radius 3 is 2.73 bits per heavy atom. The van der Waals surface area contributed by atoms with Crippen LogP contribution in [0.2, 0.25) is 0 Å². The molecule has 0 aliphatic rings. The van der Waals surface area contributed by atoms with Gasteiger partial charge in [0, 0.05) is 11.8 Å². The van der Waals surface area contributed by atoms with Crippen LogP contribution in [0.4, 0.5) is 0 Å². The molecular weight excluding hydrogens is 260 g/mol. The van der Waals surface area contributed by atoms with Gasteiger partial charge in [0.25, 0.3) is 0 Å². The third kappa shape index (κ3) is 2.35. The Labute approximate surface area is 97.0 Å². The maximum atomic E-state index is 11.7. The molecule has 82 valence electrons. The van der Waals surface area contributed by atoms with Crippen molar-refractivity contribution in [1.29, 1.82) is 0 Å². The second-order valence-corrected chi connectivity index (χ2v) is 4.12. The average Bonchev–Trinajstić information content (AvgIpc) is 2.17. The molecule has 0 spiro atoms. The number of pyridine rings is 1. The van der Waals surface area contributed by atoms with Gasteiger partial charge in [0.2, 0.25) is 0 Å². The number of aromatic nitrogens is 1. The number of rotatable bonds is 3. The maximum absolute atomic E-state index is 11.7. The van der Waals surface area contributed by atoms with Crippen LogP contribution in [0.5, 0.6) is 5.75 Å². The number of halogens is 1. The molecular formula is C10H13BrN2O2. The fourth-order valence-corrected chi connectivity index (χ4v) is 1.84. The van der Waals surface area contributed by atoms with Gasteiger partial charge in [0.05, 0.1) is 17.6 Å². The zero-order valence-electron chi connectivity index (χ0n) is 8.87. The minimum atomic E-state index is -0.554. The van der Waals surface area contributed by atoms with Crippen molar-refractivity contribution in [2.75, 3.05) is 7.11 Å². The molecule has 1 rings (SSSR count). The molecule has 0 bridgehead atoms. The zero-order chi connectivity index (χ0) is 11.6. The summed E-state index contributed by atoms with van der Waals surface area (Å²) in [7, 11) is 1.55. The van der Waals surface area contributed by atoms with Crippen molar-refractivity contribution in [3.05, 3.63) is 21.9 Å². The van der Waals surface area contributed by atoms with Crippen LogP contribution < -0.4 is 10.5 Å². The monoisotopic (exact) mass is 272 g/mol. The zero-order valence-corrected chi connectivity index (χ0v) is 10.5.